The fourth-order valence-corrected chi connectivity index (χ4v) is 3.89. The maximum absolute atomic E-state index is 12.5. The molecule has 0 saturated heterocycles. The van der Waals surface area contributed by atoms with E-state index in [9.17, 15) is 4.79 Å². The Labute approximate surface area is 126 Å². The minimum Gasteiger partial charge on any atom is -0.336 e. The number of hydrogen-bond donors (Lipinski definition) is 1. The van der Waals surface area contributed by atoms with Crippen molar-refractivity contribution >= 4 is 39.8 Å². The first kappa shape index (κ1) is 14.3. The van der Waals surface area contributed by atoms with E-state index in [1.54, 1.807) is 11.3 Å². The highest BCUT2D eigenvalue weighted by atomic mass is 127. The standard InChI is InChI=1S/C13H19IN2OS/c1-2-16(11-5-3-10(15)4-6-11)13(17)9-7-12(14)18-8-9/h7-8,10-11H,2-6,15H2,1H3. The third kappa shape index (κ3) is 3.24. The van der Waals surface area contributed by atoms with Gasteiger partial charge in [0, 0.05) is 24.0 Å². The summed E-state index contributed by atoms with van der Waals surface area (Å²) >= 11 is 3.88. The van der Waals surface area contributed by atoms with Gasteiger partial charge in [0.2, 0.25) is 0 Å². The second-order valence-electron chi connectivity index (χ2n) is 4.80. The number of hydrogen-bond acceptors (Lipinski definition) is 3. The van der Waals surface area contributed by atoms with Gasteiger partial charge in [-0.05, 0) is 61.3 Å². The Hall–Kier alpha value is -0.140. The number of rotatable bonds is 3. The van der Waals surface area contributed by atoms with E-state index in [1.165, 1.54) is 0 Å². The monoisotopic (exact) mass is 378 g/mol. The van der Waals surface area contributed by atoms with E-state index < -0.39 is 0 Å². The molecule has 1 aliphatic rings. The lowest BCUT2D eigenvalue weighted by Crippen LogP contribution is -2.44. The van der Waals surface area contributed by atoms with Gasteiger partial charge in [0.05, 0.1) is 8.45 Å². The summed E-state index contributed by atoms with van der Waals surface area (Å²) in [5, 5.41) is 1.96. The van der Waals surface area contributed by atoms with Crippen LogP contribution in [-0.4, -0.2) is 29.4 Å². The number of carbonyl (C=O) groups is 1. The molecule has 0 atom stereocenters. The summed E-state index contributed by atoms with van der Waals surface area (Å²) in [5.74, 6) is 0.178. The van der Waals surface area contributed by atoms with Crippen LogP contribution in [0.4, 0.5) is 0 Å². The summed E-state index contributed by atoms with van der Waals surface area (Å²) in [4.78, 5) is 14.5. The fourth-order valence-electron chi connectivity index (χ4n) is 2.57. The Balaban J connectivity index is 2.06. The zero-order chi connectivity index (χ0) is 13.1. The molecule has 1 aromatic rings. The van der Waals surface area contributed by atoms with Gasteiger partial charge in [0.1, 0.15) is 0 Å². The normalized spacial score (nSPS) is 23.9. The third-order valence-corrected chi connectivity index (χ3v) is 5.39. The van der Waals surface area contributed by atoms with E-state index in [4.69, 9.17) is 5.73 Å². The zero-order valence-electron chi connectivity index (χ0n) is 10.6. The van der Waals surface area contributed by atoms with Crippen LogP contribution in [0.15, 0.2) is 11.4 Å². The molecule has 0 spiro atoms. The van der Waals surface area contributed by atoms with Gasteiger partial charge in [-0.1, -0.05) is 0 Å². The number of nitrogens with zero attached hydrogens (tertiary/aromatic N) is 1. The van der Waals surface area contributed by atoms with Crippen molar-refractivity contribution in [2.75, 3.05) is 6.54 Å². The van der Waals surface area contributed by atoms with Crippen LogP contribution < -0.4 is 5.73 Å². The van der Waals surface area contributed by atoms with Gasteiger partial charge in [-0.25, -0.2) is 0 Å². The summed E-state index contributed by atoms with van der Waals surface area (Å²) in [5.41, 5.74) is 6.76. The zero-order valence-corrected chi connectivity index (χ0v) is 13.5. The van der Waals surface area contributed by atoms with E-state index in [0.29, 0.717) is 12.1 Å². The molecule has 0 aliphatic heterocycles. The second-order valence-corrected chi connectivity index (χ2v) is 7.60. The van der Waals surface area contributed by atoms with Crippen molar-refractivity contribution < 1.29 is 4.79 Å². The molecular weight excluding hydrogens is 359 g/mol. The van der Waals surface area contributed by atoms with Crippen LogP contribution in [0.1, 0.15) is 43.0 Å². The molecule has 0 unspecified atom stereocenters. The Morgan fingerprint density at radius 2 is 2.17 bits per heavy atom. The van der Waals surface area contributed by atoms with Crippen molar-refractivity contribution in [3.63, 3.8) is 0 Å². The van der Waals surface area contributed by atoms with Crippen molar-refractivity contribution in [3.05, 3.63) is 19.9 Å². The first-order valence-electron chi connectivity index (χ1n) is 6.42. The average Bonchev–Trinajstić information content (AvgIpc) is 2.79. The molecule has 2 N–H and O–H groups in total. The smallest absolute Gasteiger partial charge is 0.254 e. The highest BCUT2D eigenvalue weighted by Gasteiger charge is 2.27. The van der Waals surface area contributed by atoms with Gasteiger partial charge < -0.3 is 10.6 Å². The molecule has 1 amide bonds. The van der Waals surface area contributed by atoms with Gasteiger partial charge in [0.25, 0.3) is 5.91 Å². The van der Waals surface area contributed by atoms with Crippen LogP contribution in [-0.2, 0) is 0 Å². The fraction of sp³-hybridized carbons (Fsp3) is 0.615. The maximum atomic E-state index is 12.5. The van der Waals surface area contributed by atoms with Gasteiger partial charge in [0.15, 0.2) is 0 Å². The predicted molar refractivity (Wildman–Crippen MR) is 84.0 cm³/mol. The van der Waals surface area contributed by atoms with E-state index in [0.717, 1.165) is 40.7 Å². The Bertz CT molecular complexity index is 413. The molecule has 1 aliphatic carbocycles. The van der Waals surface area contributed by atoms with Crippen LogP contribution in [0.3, 0.4) is 0 Å². The average molecular weight is 378 g/mol. The van der Waals surface area contributed by atoms with Crippen LogP contribution in [0, 0.1) is 2.88 Å². The summed E-state index contributed by atoms with van der Waals surface area (Å²) in [7, 11) is 0. The van der Waals surface area contributed by atoms with E-state index in [1.807, 2.05) is 16.3 Å². The Morgan fingerprint density at radius 3 is 2.67 bits per heavy atom. The maximum Gasteiger partial charge on any atom is 0.254 e. The van der Waals surface area contributed by atoms with E-state index in [-0.39, 0.29) is 5.91 Å². The van der Waals surface area contributed by atoms with Gasteiger partial charge >= 0.3 is 0 Å². The molecule has 1 aromatic heterocycles. The lowest BCUT2D eigenvalue weighted by atomic mass is 9.90. The van der Waals surface area contributed by atoms with Crippen molar-refractivity contribution in [2.24, 2.45) is 5.73 Å². The minimum absolute atomic E-state index is 0.178. The number of thiophene rings is 1. The number of amides is 1. The van der Waals surface area contributed by atoms with Crippen molar-refractivity contribution in [1.82, 2.24) is 4.90 Å². The molecule has 3 nitrogen and oxygen atoms in total. The lowest BCUT2D eigenvalue weighted by Gasteiger charge is -2.35. The number of carbonyl (C=O) groups excluding carboxylic acids is 1. The van der Waals surface area contributed by atoms with E-state index in [2.05, 4.69) is 29.5 Å². The lowest BCUT2D eigenvalue weighted by molar-refractivity contribution is 0.0641. The SMILES string of the molecule is CCN(C(=O)c1csc(I)c1)C1CCC(N)CC1. The van der Waals surface area contributed by atoms with Gasteiger partial charge in [-0.2, -0.15) is 0 Å². The molecule has 1 heterocycles. The molecule has 0 bridgehead atoms. The molecule has 100 valence electrons. The van der Waals surface area contributed by atoms with Crippen LogP contribution in [0.25, 0.3) is 0 Å². The van der Waals surface area contributed by atoms with Crippen LogP contribution in [0.5, 0.6) is 0 Å². The summed E-state index contributed by atoms with van der Waals surface area (Å²) < 4.78 is 1.16. The summed E-state index contributed by atoms with van der Waals surface area (Å²) in [6.45, 7) is 2.84. The quantitative estimate of drug-likeness (QED) is 0.822. The number of nitrogens with two attached hydrogens (primary N) is 1. The second kappa shape index (κ2) is 6.34. The molecule has 0 aromatic carbocycles. The summed E-state index contributed by atoms with van der Waals surface area (Å²) in [6.07, 6.45) is 4.16. The van der Waals surface area contributed by atoms with Crippen LogP contribution in [0.2, 0.25) is 0 Å². The highest BCUT2D eigenvalue weighted by Crippen LogP contribution is 2.25. The summed E-state index contributed by atoms with van der Waals surface area (Å²) in [6, 6.07) is 2.68. The predicted octanol–water partition coefficient (Wildman–Crippen LogP) is 3.08. The molecule has 1 fully saturated rings. The highest BCUT2D eigenvalue weighted by molar-refractivity contribution is 14.1. The molecular formula is C13H19IN2OS. The van der Waals surface area contributed by atoms with Crippen molar-refractivity contribution in [1.29, 1.82) is 0 Å². The molecule has 5 heteroatoms. The minimum atomic E-state index is 0.178. The molecule has 1 saturated carbocycles. The van der Waals surface area contributed by atoms with Crippen LogP contribution >= 0.6 is 33.9 Å². The molecule has 18 heavy (non-hydrogen) atoms. The van der Waals surface area contributed by atoms with E-state index >= 15 is 0 Å². The molecule has 2 rings (SSSR count). The number of halogens is 1. The largest absolute Gasteiger partial charge is 0.336 e. The third-order valence-electron chi connectivity index (χ3n) is 3.60. The van der Waals surface area contributed by atoms with Crippen molar-refractivity contribution in [3.8, 4) is 0 Å². The topological polar surface area (TPSA) is 46.3 Å². The Morgan fingerprint density at radius 1 is 1.50 bits per heavy atom. The van der Waals surface area contributed by atoms with Gasteiger partial charge in [-0.15, -0.1) is 11.3 Å². The first-order valence-corrected chi connectivity index (χ1v) is 8.38. The van der Waals surface area contributed by atoms with Gasteiger partial charge in [-0.3, -0.25) is 4.79 Å². The molecule has 0 radical (unpaired) electrons. The van der Waals surface area contributed by atoms with Crippen molar-refractivity contribution in [2.45, 2.75) is 44.7 Å². The first-order chi connectivity index (χ1) is 8.61. The Kier molecular flexibility index (Phi) is 5.03.